The zero-order chi connectivity index (χ0) is 11.6. The van der Waals surface area contributed by atoms with Gasteiger partial charge in [-0.2, -0.15) is 0 Å². The van der Waals surface area contributed by atoms with Gasteiger partial charge in [0.2, 0.25) is 0 Å². The minimum Gasteiger partial charge on any atom is -0.313 e. The van der Waals surface area contributed by atoms with E-state index in [0.717, 1.165) is 19.5 Å². The molecule has 1 unspecified atom stereocenters. The predicted molar refractivity (Wildman–Crippen MR) is 71.3 cm³/mol. The van der Waals surface area contributed by atoms with Crippen LogP contribution in [0.15, 0.2) is 35.2 Å². The molecule has 0 aromatic heterocycles. The number of hydrogen-bond acceptors (Lipinski definition) is 2. The monoisotopic (exact) mass is 255 g/mol. The minimum atomic E-state index is -2.61. The van der Waals surface area contributed by atoms with Gasteiger partial charge in [0.15, 0.2) is 0 Å². The van der Waals surface area contributed by atoms with Crippen LogP contribution in [0.4, 0.5) is 0 Å². The summed E-state index contributed by atoms with van der Waals surface area (Å²) in [6.45, 7) is 1.92. The molecule has 1 aromatic rings. The molecule has 0 saturated heterocycles. The lowest BCUT2D eigenvalue weighted by molar-refractivity contribution is 0.689. The van der Waals surface area contributed by atoms with Crippen LogP contribution in [0.3, 0.4) is 0 Å². The van der Waals surface area contributed by atoms with Crippen molar-refractivity contribution in [3.63, 3.8) is 0 Å². The lowest BCUT2D eigenvalue weighted by atomic mass is 10.0. The first-order valence-electron chi connectivity index (χ1n) is 5.14. The largest absolute Gasteiger partial charge is 0.313 e. The van der Waals surface area contributed by atoms with Gasteiger partial charge in [0.1, 0.15) is 0 Å². The Kier molecular flexibility index (Phi) is 3.38. The van der Waals surface area contributed by atoms with Gasteiger partial charge in [0.25, 0.3) is 0 Å². The van der Waals surface area contributed by atoms with Crippen molar-refractivity contribution >= 4 is 30.9 Å². The highest BCUT2D eigenvalue weighted by Crippen LogP contribution is 2.22. The molecule has 2 nitrogen and oxygen atoms in total. The zero-order valence-corrected chi connectivity index (χ0v) is 10.5. The second-order valence-corrected chi connectivity index (χ2v) is 6.96. The Labute approximate surface area is 101 Å². The topological polar surface area (TPSA) is 29.1 Å². The molecule has 0 fully saturated rings. The second-order valence-electron chi connectivity index (χ2n) is 3.80. The summed E-state index contributed by atoms with van der Waals surface area (Å²) < 4.78 is 11.5. The third kappa shape index (κ3) is 2.67. The fourth-order valence-corrected chi connectivity index (χ4v) is 2.61. The first kappa shape index (κ1) is 11.7. The Balaban J connectivity index is 2.29. The summed E-state index contributed by atoms with van der Waals surface area (Å²) in [5, 5.41) is 3.27. The quantitative estimate of drug-likeness (QED) is 0.649. The summed E-state index contributed by atoms with van der Waals surface area (Å²) in [5.41, 5.74) is 2.50. The zero-order valence-electron chi connectivity index (χ0n) is 8.91. The van der Waals surface area contributed by atoms with Crippen LogP contribution in [0.25, 0.3) is 5.57 Å². The first-order valence-corrected chi connectivity index (χ1v) is 7.70. The fraction of sp³-hybridized carbons (Fsp3) is 0.250. The van der Waals surface area contributed by atoms with Gasteiger partial charge in [-0.05, 0) is 52.8 Å². The number of halogens is 1. The third-order valence-electron chi connectivity index (χ3n) is 2.64. The predicted octanol–water partition coefficient (Wildman–Crippen LogP) is 2.29. The Bertz CT molecular complexity index is 502. The van der Waals surface area contributed by atoms with E-state index in [9.17, 15) is 4.21 Å². The van der Waals surface area contributed by atoms with Gasteiger partial charge in [0.05, 0.1) is 8.74 Å². The highest BCUT2D eigenvalue weighted by molar-refractivity contribution is 8.21. The molecular formula is C12H14ClNOS. The van der Waals surface area contributed by atoms with E-state index in [-0.39, 0.29) is 0 Å². The van der Waals surface area contributed by atoms with Gasteiger partial charge in [-0.15, -0.1) is 0 Å². The van der Waals surface area contributed by atoms with Crippen molar-refractivity contribution in [1.29, 1.82) is 0 Å². The van der Waals surface area contributed by atoms with E-state index in [1.54, 1.807) is 12.1 Å². The highest BCUT2D eigenvalue weighted by atomic mass is 35.7. The smallest absolute Gasteiger partial charge is 0.0759 e. The van der Waals surface area contributed by atoms with E-state index >= 15 is 0 Å². The van der Waals surface area contributed by atoms with E-state index in [2.05, 4.69) is 17.3 Å². The summed E-state index contributed by atoms with van der Waals surface area (Å²) in [4.78, 5) is 0.590. The van der Waals surface area contributed by atoms with Crippen molar-refractivity contribution in [3.8, 4) is 0 Å². The average molecular weight is 256 g/mol. The lowest BCUT2D eigenvalue weighted by Crippen LogP contribution is -2.19. The second kappa shape index (κ2) is 4.62. The molecule has 1 aliphatic rings. The maximum Gasteiger partial charge on any atom is 0.0759 e. The van der Waals surface area contributed by atoms with Crippen LogP contribution in [0, 0.1) is 0 Å². The third-order valence-corrected chi connectivity index (χ3v) is 4.15. The van der Waals surface area contributed by atoms with Gasteiger partial charge in [-0.3, -0.25) is 0 Å². The number of nitrogens with one attached hydrogen (secondary N) is 1. The first-order chi connectivity index (χ1) is 7.57. The van der Waals surface area contributed by atoms with Gasteiger partial charge in [0, 0.05) is 11.4 Å². The summed E-state index contributed by atoms with van der Waals surface area (Å²) in [5.74, 6) is 3.45. The van der Waals surface area contributed by atoms with Crippen LogP contribution in [-0.4, -0.2) is 23.2 Å². The number of rotatable bonds is 2. The summed E-state index contributed by atoms with van der Waals surface area (Å²) in [7, 11) is 3.08. The molecule has 0 spiro atoms. The molecular weight excluding hydrogens is 242 g/mol. The molecule has 1 N–H and O–H groups in total. The molecule has 1 aromatic carbocycles. The molecule has 0 saturated carbocycles. The van der Waals surface area contributed by atoms with Crippen LogP contribution >= 0.6 is 10.7 Å². The molecule has 1 aliphatic heterocycles. The van der Waals surface area contributed by atoms with Crippen molar-refractivity contribution in [2.24, 2.45) is 0 Å². The summed E-state index contributed by atoms with van der Waals surface area (Å²) in [6, 6.07) is 7.50. The van der Waals surface area contributed by atoms with Crippen LogP contribution in [0.2, 0.25) is 0 Å². The van der Waals surface area contributed by atoms with E-state index in [1.807, 2.05) is 12.1 Å². The van der Waals surface area contributed by atoms with Crippen molar-refractivity contribution < 1.29 is 4.21 Å². The lowest BCUT2D eigenvalue weighted by Gasteiger charge is -2.14. The summed E-state index contributed by atoms with van der Waals surface area (Å²) >= 11 is 0. The molecule has 0 aliphatic carbocycles. The number of benzene rings is 1. The molecule has 0 amide bonds. The van der Waals surface area contributed by atoms with E-state index in [4.69, 9.17) is 10.7 Å². The Morgan fingerprint density at radius 2 is 2.00 bits per heavy atom. The van der Waals surface area contributed by atoms with Crippen molar-refractivity contribution in [2.75, 3.05) is 13.1 Å². The molecule has 4 heteroatoms. The van der Waals surface area contributed by atoms with Gasteiger partial charge in [-0.1, -0.05) is 18.2 Å². The van der Waals surface area contributed by atoms with Crippen LogP contribution < -0.4 is 5.32 Å². The van der Waals surface area contributed by atoms with Crippen LogP contribution in [0.1, 0.15) is 12.0 Å². The maximum atomic E-state index is 11.5. The van der Waals surface area contributed by atoms with Crippen LogP contribution in [-0.2, 0) is 8.74 Å². The molecule has 1 atom stereocenters. The molecule has 2 rings (SSSR count). The van der Waals surface area contributed by atoms with Crippen molar-refractivity contribution in [1.82, 2.24) is 5.32 Å². The Hall–Kier alpha value is -0.770. The standard InChI is InChI=1S/C12H14ClNOS/c1-16(13,15)12-4-2-10(3-5-12)11-6-8-14-9-7-11/h2-6,14H,1,7-9H2. The fourth-order valence-electron chi connectivity index (χ4n) is 1.76. The minimum absolute atomic E-state index is 0.590. The van der Waals surface area contributed by atoms with Crippen molar-refractivity contribution in [3.05, 3.63) is 35.9 Å². The Morgan fingerprint density at radius 3 is 2.50 bits per heavy atom. The molecule has 1 heterocycles. The molecule has 0 radical (unpaired) electrons. The molecule has 16 heavy (non-hydrogen) atoms. The average Bonchev–Trinajstić information content (AvgIpc) is 2.29. The van der Waals surface area contributed by atoms with Gasteiger partial charge in [-0.25, -0.2) is 4.21 Å². The number of hydrogen-bond donors (Lipinski definition) is 1. The van der Waals surface area contributed by atoms with Crippen LogP contribution in [0.5, 0.6) is 0 Å². The Morgan fingerprint density at radius 1 is 1.31 bits per heavy atom. The van der Waals surface area contributed by atoms with Gasteiger partial charge < -0.3 is 5.32 Å². The van der Waals surface area contributed by atoms with Gasteiger partial charge >= 0.3 is 0 Å². The molecule has 86 valence electrons. The van der Waals surface area contributed by atoms with E-state index in [0.29, 0.717) is 4.90 Å². The van der Waals surface area contributed by atoms with E-state index in [1.165, 1.54) is 11.1 Å². The SMILES string of the molecule is C=S(=O)(Cl)c1ccc(C2=CCNCC2)cc1. The maximum absolute atomic E-state index is 11.5. The summed E-state index contributed by atoms with van der Waals surface area (Å²) in [6.07, 6.45) is 3.21. The molecule has 0 bridgehead atoms. The normalized spacial score (nSPS) is 19.9. The van der Waals surface area contributed by atoms with E-state index < -0.39 is 8.74 Å². The highest BCUT2D eigenvalue weighted by Gasteiger charge is 2.07. The van der Waals surface area contributed by atoms with Crippen molar-refractivity contribution in [2.45, 2.75) is 11.3 Å².